The zero-order valence-electron chi connectivity index (χ0n) is 17.4. The van der Waals surface area contributed by atoms with Gasteiger partial charge in [0.05, 0.1) is 11.6 Å². The molecule has 1 heterocycles. The van der Waals surface area contributed by atoms with Crippen LogP contribution >= 0.6 is 23.2 Å². The summed E-state index contributed by atoms with van der Waals surface area (Å²) in [5, 5.41) is 20.4. The number of benzene rings is 3. The Hall–Kier alpha value is -3.81. The molecule has 0 aromatic heterocycles. The molecule has 0 spiro atoms. The van der Waals surface area contributed by atoms with Crippen molar-refractivity contribution in [1.82, 2.24) is 0 Å². The van der Waals surface area contributed by atoms with E-state index in [0.717, 1.165) is 0 Å². The standard InChI is InChI=1S/C25H17Cl2NO6/c26-15-6-11-18(19(27)12-15)22-21(23(31)14-4-2-1-3-5-14)24(32)25(33)28(22)16-7-9-17(10-8-16)34-13-20(29)30/h1-12,22,31H,13H2,(H,29,30)/t22-/m1/s1. The molecule has 4 rings (SSSR count). The second-order valence-electron chi connectivity index (χ2n) is 7.38. The number of hydrogen-bond donors (Lipinski definition) is 2. The summed E-state index contributed by atoms with van der Waals surface area (Å²) >= 11 is 12.5. The Bertz CT molecular complexity index is 1300. The summed E-state index contributed by atoms with van der Waals surface area (Å²) in [4.78, 5) is 38.3. The number of ether oxygens (including phenoxy) is 1. The molecule has 9 heteroatoms. The monoisotopic (exact) mass is 497 g/mol. The van der Waals surface area contributed by atoms with E-state index >= 15 is 0 Å². The highest BCUT2D eigenvalue weighted by Crippen LogP contribution is 2.44. The molecule has 0 radical (unpaired) electrons. The lowest BCUT2D eigenvalue weighted by Gasteiger charge is -2.26. The largest absolute Gasteiger partial charge is 0.507 e. The molecule has 1 saturated heterocycles. The van der Waals surface area contributed by atoms with Crippen LogP contribution in [-0.4, -0.2) is 34.5 Å². The molecule has 172 valence electrons. The van der Waals surface area contributed by atoms with Crippen LogP contribution in [0.4, 0.5) is 5.69 Å². The first-order valence-corrected chi connectivity index (χ1v) is 10.8. The molecular formula is C25H17Cl2NO6. The van der Waals surface area contributed by atoms with Crippen molar-refractivity contribution in [2.45, 2.75) is 6.04 Å². The molecule has 0 bridgehead atoms. The van der Waals surface area contributed by atoms with E-state index in [9.17, 15) is 19.5 Å². The third-order valence-corrected chi connectivity index (χ3v) is 5.79. The topological polar surface area (TPSA) is 104 Å². The minimum absolute atomic E-state index is 0.119. The van der Waals surface area contributed by atoms with Gasteiger partial charge in [0.25, 0.3) is 11.7 Å². The van der Waals surface area contributed by atoms with Gasteiger partial charge in [-0.1, -0.05) is 59.6 Å². The second kappa shape index (κ2) is 9.59. The fraction of sp³-hybridized carbons (Fsp3) is 0.0800. The Labute approximate surface area is 204 Å². The number of aliphatic carboxylic acids is 1. The summed E-state index contributed by atoms with van der Waals surface area (Å²) in [7, 11) is 0. The molecule has 1 amide bonds. The highest BCUT2D eigenvalue weighted by atomic mass is 35.5. The summed E-state index contributed by atoms with van der Waals surface area (Å²) < 4.78 is 5.14. The van der Waals surface area contributed by atoms with Crippen LogP contribution in [0.15, 0.2) is 78.4 Å². The SMILES string of the molecule is O=C(O)COc1ccc(N2C(=O)C(=O)C(=C(O)c3ccccc3)[C@H]2c2ccc(Cl)cc2Cl)cc1. The summed E-state index contributed by atoms with van der Waals surface area (Å²) in [6.45, 7) is -0.526. The number of halogens is 2. The third-order valence-electron chi connectivity index (χ3n) is 5.23. The number of carboxylic acids is 1. The van der Waals surface area contributed by atoms with Gasteiger partial charge in [0.15, 0.2) is 6.61 Å². The van der Waals surface area contributed by atoms with E-state index in [1.54, 1.807) is 42.5 Å². The van der Waals surface area contributed by atoms with Crippen LogP contribution in [0.2, 0.25) is 10.0 Å². The van der Waals surface area contributed by atoms with Gasteiger partial charge in [-0.3, -0.25) is 14.5 Å². The van der Waals surface area contributed by atoms with E-state index < -0.39 is 30.3 Å². The average molecular weight is 498 g/mol. The van der Waals surface area contributed by atoms with Crippen LogP contribution < -0.4 is 9.64 Å². The van der Waals surface area contributed by atoms with Gasteiger partial charge in [0.2, 0.25) is 0 Å². The lowest BCUT2D eigenvalue weighted by atomic mass is 9.95. The van der Waals surface area contributed by atoms with Crippen molar-refractivity contribution >= 4 is 52.3 Å². The Morgan fingerprint density at radius 3 is 2.24 bits per heavy atom. The number of aliphatic hydroxyl groups excluding tert-OH is 1. The molecule has 0 saturated carbocycles. The van der Waals surface area contributed by atoms with E-state index in [1.807, 2.05) is 0 Å². The Morgan fingerprint density at radius 1 is 0.941 bits per heavy atom. The highest BCUT2D eigenvalue weighted by Gasteiger charge is 2.47. The Balaban J connectivity index is 1.86. The van der Waals surface area contributed by atoms with Gasteiger partial charge in [0, 0.05) is 21.3 Å². The number of carboxylic acid groups (broad SMARTS) is 1. The minimum atomic E-state index is -1.13. The van der Waals surface area contributed by atoms with E-state index in [4.69, 9.17) is 33.0 Å². The lowest BCUT2D eigenvalue weighted by Crippen LogP contribution is -2.29. The maximum Gasteiger partial charge on any atom is 0.341 e. The average Bonchev–Trinajstić information content (AvgIpc) is 3.08. The number of amides is 1. The van der Waals surface area contributed by atoms with E-state index in [0.29, 0.717) is 21.8 Å². The first-order valence-electron chi connectivity index (χ1n) is 10.0. The first-order chi connectivity index (χ1) is 16.3. The van der Waals surface area contributed by atoms with Crippen LogP contribution in [-0.2, 0) is 14.4 Å². The number of nitrogens with zero attached hydrogens (tertiary/aromatic N) is 1. The molecule has 2 N–H and O–H groups in total. The first kappa shape index (κ1) is 23.4. The van der Waals surface area contributed by atoms with Gasteiger partial charge >= 0.3 is 5.97 Å². The molecule has 7 nitrogen and oxygen atoms in total. The molecule has 1 fully saturated rings. The maximum atomic E-state index is 13.2. The highest BCUT2D eigenvalue weighted by molar-refractivity contribution is 6.52. The van der Waals surface area contributed by atoms with Crippen LogP contribution in [0.1, 0.15) is 17.2 Å². The molecule has 0 unspecified atom stereocenters. The molecule has 34 heavy (non-hydrogen) atoms. The van der Waals surface area contributed by atoms with Crippen LogP contribution in [0.25, 0.3) is 5.76 Å². The molecule has 3 aromatic rings. The smallest absolute Gasteiger partial charge is 0.341 e. The van der Waals surface area contributed by atoms with Crippen molar-refractivity contribution in [3.05, 3.63) is 99.5 Å². The molecule has 1 aliphatic heterocycles. The van der Waals surface area contributed by atoms with Gasteiger partial charge in [-0.25, -0.2) is 4.79 Å². The van der Waals surface area contributed by atoms with Crippen molar-refractivity contribution in [1.29, 1.82) is 0 Å². The van der Waals surface area contributed by atoms with Crippen LogP contribution in [0, 0.1) is 0 Å². The summed E-state index contributed by atoms with van der Waals surface area (Å²) in [5.41, 5.74) is 0.974. The number of aliphatic hydroxyl groups is 1. The van der Waals surface area contributed by atoms with Gasteiger partial charge in [0.1, 0.15) is 11.5 Å². The minimum Gasteiger partial charge on any atom is -0.507 e. The molecule has 1 atom stereocenters. The number of carbonyl (C=O) groups is 3. The van der Waals surface area contributed by atoms with E-state index in [-0.39, 0.29) is 22.1 Å². The number of hydrogen-bond acceptors (Lipinski definition) is 5. The van der Waals surface area contributed by atoms with Crippen LogP contribution in [0.3, 0.4) is 0 Å². The predicted molar refractivity (Wildman–Crippen MR) is 127 cm³/mol. The number of Topliss-reactive ketones (excluding diaryl/α,β-unsaturated/α-hetero) is 1. The fourth-order valence-corrected chi connectivity index (χ4v) is 4.23. The van der Waals surface area contributed by atoms with E-state index in [1.165, 1.54) is 35.2 Å². The third kappa shape index (κ3) is 4.48. The Morgan fingerprint density at radius 2 is 1.62 bits per heavy atom. The van der Waals surface area contributed by atoms with Crippen molar-refractivity contribution in [2.24, 2.45) is 0 Å². The van der Waals surface area contributed by atoms with Gasteiger partial charge in [-0.15, -0.1) is 0 Å². The quantitative estimate of drug-likeness (QED) is 0.279. The number of ketones is 1. The van der Waals surface area contributed by atoms with Gasteiger partial charge in [-0.05, 0) is 42.0 Å². The van der Waals surface area contributed by atoms with Gasteiger partial charge in [-0.2, -0.15) is 0 Å². The van der Waals surface area contributed by atoms with Crippen molar-refractivity contribution in [2.75, 3.05) is 11.5 Å². The zero-order valence-corrected chi connectivity index (χ0v) is 19.0. The van der Waals surface area contributed by atoms with Crippen molar-refractivity contribution in [3.8, 4) is 5.75 Å². The maximum absolute atomic E-state index is 13.2. The van der Waals surface area contributed by atoms with Crippen molar-refractivity contribution in [3.63, 3.8) is 0 Å². The molecular weight excluding hydrogens is 481 g/mol. The number of anilines is 1. The summed E-state index contributed by atoms with van der Waals surface area (Å²) in [6.07, 6.45) is 0. The van der Waals surface area contributed by atoms with E-state index in [2.05, 4.69) is 0 Å². The zero-order chi connectivity index (χ0) is 24.4. The molecule has 0 aliphatic carbocycles. The van der Waals surface area contributed by atoms with Gasteiger partial charge < -0.3 is 14.9 Å². The Kier molecular flexibility index (Phi) is 6.58. The fourth-order valence-electron chi connectivity index (χ4n) is 3.72. The number of carbonyl (C=O) groups excluding carboxylic acids is 2. The lowest BCUT2D eigenvalue weighted by molar-refractivity contribution is -0.139. The molecule has 3 aromatic carbocycles. The predicted octanol–water partition coefficient (Wildman–Crippen LogP) is 5.08. The molecule has 1 aliphatic rings. The van der Waals surface area contributed by atoms with Crippen molar-refractivity contribution < 1.29 is 29.3 Å². The second-order valence-corrected chi connectivity index (χ2v) is 8.22. The normalized spacial score (nSPS) is 17.1. The number of rotatable bonds is 6. The summed E-state index contributed by atoms with van der Waals surface area (Å²) in [5.74, 6) is -2.92. The summed E-state index contributed by atoms with van der Waals surface area (Å²) in [6, 6.07) is 18.0. The van der Waals surface area contributed by atoms with Crippen LogP contribution in [0.5, 0.6) is 5.75 Å².